The number of hydrogen-bond acceptors (Lipinski definition) is 1. The van der Waals surface area contributed by atoms with Gasteiger partial charge < -0.3 is 0 Å². The third-order valence-corrected chi connectivity index (χ3v) is 8.68. The molecule has 1 nitrogen and oxygen atoms in total. The molecule has 0 aliphatic heterocycles. The molecule has 0 N–H and O–H groups in total. The molecule has 0 amide bonds. The van der Waals surface area contributed by atoms with Crippen molar-refractivity contribution in [3.8, 4) is 0 Å². The van der Waals surface area contributed by atoms with E-state index in [1.807, 2.05) is 0 Å². The van der Waals surface area contributed by atoms with Gasteiger partial charge in [-0.2, -0.15) is 0 Å². The van der Waals surface area contributed by atoms with Gasteiger partial charge in [-0.3, -0.25) is 0 Å². The van der Waals surface area contributed by atoms with Crippen molar-refractivity contribution in [2.24, 2.45) is 0 Å². The molecule has 1 unspecified atom stereocenters. The molecule has 0 saturated heterocycles. The molecular weight excluding hydrogens is 321 g/mol. The first-order chi connectivity index (χ1) is 4.70. The van der Waals surface area contributed by atoms with E-state index >= 15 is 0 Å². The van der Waals surface area contributed by atoms with Crippen molar-refractivity contribution >= 4 is 27.5 Å². The third kappa shape index (κ3) is 2.16. The van der Waals surface area contributed by atoms with Crippen LogP contribution in [0.5, 0.6) is 0 Å². The fourth-order valence-corrected chi connectivity index (χ4v) is 5.30. The van der Waals surface area contributed by atoms with Gasteiger partial charge in [0.05, 0.1) is 0 Å². The Balaban J connectivity index is 2.53. The average molecular weight is 334 g/mol. The van der Waals surface area contributed by atoms with Crippen molar-refractivity contribution in [1.29, 1.82) is 0 Å². The summed E-state index contributed by atoms with van der Waals surface area (Å²) in [4.78, 5) is 10.8. The predicted octanol–water partition coefficient (Wildman–Crippen LogP) is 2.03. The molecule has 0 aromatic rings. The van der Waals surface area contributed by atoms with Gasteiger partial charge in [-0.1, -0.05) is 0 Å². The van der Waals surface area contributed by atoms with Gasteiger partial charge >= 0.3 is 70.2 Å². The quantitative estimate of drug-likeness (QED) is 0.671. The van der Waals surface area contributed by atoms with Gasteiger partial charge in [0.15, 0.2) is 0 Å². The van der Waals surface area contributed by atoms with Crippen LogP contribution in [0.2, 0.25) is 12.9 Å². The normalized spacial score (nSPS) is 25.9. The van der Waals surface area contributed by atoms with E-state index in [9.17, 15) is 4.79 Å². The molecule has 2 heteroatoms. The summed E-state index contributed by atoms with van der Waals surface area (Å²) in [6.45, 7) is 0. The van der Waals surface area contributed by atoms with Crippen LogP contribution in [-0.4, -0.2) is 27.5 Å². The topological polar surface area (TPSA) is 17.1 Å². The Bertz CT molecular complexity index is 161. The molecule has 1 atom stereocenters. The fraction of sp³-hybridized carbons (Fsp3) is 0.625. The van der Waals surface area contributed by atoms with Crippen LogP contribution in [0.25, 0.3) is 0 Å². The molecular formula is C8H13BiO. The number of carbonyl (C=O) groups is 1. The molecule has 1 rings (SSSR count). The van der Waals surface area contributed by atoms with Crippen molar-refractivity contribution in [2.45, 2.75) is 25.7 Å². The van der Waals surface area contributed by atoms with Gasteiger partial charge in [0, 0.05) is 0 Å². The number of allylic oxidation sites excluding steroid dienone is 2. The molecule has 0 aromatic heterocycles. The van der Waals surface area contributed by atoms with Crippen LogP contribution >= 0.6 is 0 Å². The van der Waals surface area contributed by atoms with Gasteiger partial charge in [-0.25, -0.2) is 0 Å². The minimum atomic E-state index is -1.08. The second-order valence-electron chi connectivity index (χ2n) is 2.90. The zero-order valence-corrected chi connectivity index (χ0v) is 9.98. The van der Waals surface area contributed by atoms with Crippen LogP contribution in [0.15, 0.2) is 12.2 Å². The average Bonchev–Trinajstić information content (AvgIpc) is 1.88. The van der Waals surface area contributed by atoms with Crippen molar-refractivity contribution in [1.82, 2.24) is 0 Å². The second-order valence-corrected chi connectivity index (χ2v) is 13.0. The van der Waals surface area contributed by atoms with E-state index in [1.165, 1.54) is 0 Å². The van der Waals surface area contributed by atoms with Crippen molar-refractivity contribution < 1.29 is 4.79 Å². The Morgan fingerprint density at radius 2 is 2.30 bits per heavy atom. The van der Waals surface area contributed by atoms with Gasteiger partial charge in [-0.15, -0.1) is 0 Å². The van der Waals surface area contributed by atoms with Crippen molar-refractivity contribution in [3.05, 3.63) is 12.2 Å². The van der Waals surface area contributed by atoms with Gasteiger partial charge in [0.1, 0.15) is 0 Å². The van der Waals surface area contributed by atoms with Gasteiger partial charge in [0.25, 0.3) is 0 Å². The Morgan fingerprint density at radius 1 is 1.60 bits per heavy atom. The minimum absolute atomic E-state index is 0.321. The van der Waals surface area contributed by atoms with E-state index in [-0.39, 0.29) is 0 Å². The molecule has 0 saturated carbocycles. The van der Waals surface area contributed by atoms with E-state index in [4.69, 9.17) is 0 Å². The first kappa shape index (κ1) is 8.39. The molecule has 0 radical (unpaired) electrons. The molecule has 56 valence electrons. The summed E-state index contributed by atoms with van der Waals surface area (Å²) in [5.41, 5.74) is 0. The van der Waals surface area contributed by atoms with Crippen LogP contribution in [0.3, 0.4) is 0 Å². The Kier molecular flexibility index (Phi) is 3.03. The van der Waals surface area contributed by atoms with Crippen LogP contribution in [-0.2, 0) is 4.79 Å². The summed E-state index contributed by atoms with van der Waals surface area (Å²) >= 11 is -1.08. The Morgan fingerprint density at radius 3 is 2.70 bits per heavy atom. The summed E-state index contributed by atoms with van der Waals surface area (Å²) in [5, 5.41) is 0. The van der Waals surface area contributed by atoms with E-state index in [0.717, 1.165) is 16.5 Å². The first-order valence-corrected chi connectivity index (χ1v) is 12.5. The van der Waals surface area contributed by atoms with Crippen LogP contribution in [0, 0.1) is 0 Å². The Labute approximate surface area is 70.2 Å². The van der Waals surface area contributed by atoms with E-state index in [1.54, 1.807) is 6.08 Å². The molecule has 0 aromatic carbocycles. The molecule has 0 spiro atoms. The summed E-state index contributed by atoms with van der Waals surface area (Å²) in [6.07, 6.45) is 5.86. The Hall–Kier alpha value is 0.293. The maximum atomic E-state index is 10.8. The second kappa shape index (κ2) is 3.62. The summed E-state index contributed by atoms with van der Waals surface area (Å²) in [6, 6.07) is 0. The number of rotatable bonds is 1. The molecule has 10 heavy (non-hydrogen) atoms. The van der Waals surface area contributed by atoms with E-state index in [2.05, 4.69) is 15.3 Å². The van der Waals surface area contributed by atoms with E-state index < -0.39 is 21.8 Å². The summed E-state index contributed by atoms with van der Waals surface area (Å²) < 4.78 is 5.65. The maximum absolute atomic E-state index is 10.8. The van der Waals surface area contributed by atoms with Gasteiger partial charge in [0.2, 0.25) is 0 Å². The zero-order chi connectivity index (χ0) is 7.56. The zero-order valence-electron chi connectivity index (χ0n) is 6.50. The van der Waals surface area contributed by atoms with Crippen molar-refractivity contribution in [2.75, 3.05) is 0 Å². The number of ketones is 1. The number of carbonyl (C=O) groups excluding carboxylic acids is 1. The monoisotopic (exact) mass is 334 g/mol. The number of hydrogen-bond donors (Lipinski definition) is 0. The molecule has 0 fully saturated rings. The van der Waals surface area contributed by atoms with Crippen molar-refractivity contribution in [3.63, 3.8) is 0 Å². The third-order valence-electron chi connectivity index (χ3n) is 1.85. The molecule has 1 aliphatic carbocycles. The summed E-state index contributed by atoms with van der Waals surface area (Å²) in [5.74, 6) is 0.321. The SMILES string of the molecule is [CH3][Bi]([CH3])[CH]1C=CC(=O)CC1. The van der Waals surface area contributed by atoms with Crippen LogP contribution in [0.1, 0.15) is 12.8 Å². The van der Waals surface area contributed by atoms with Crippen LogP contribution < -0.4 is 0 Å². The molecule has 0 heterocycles. The summed E-state index contributed by atoms with van der Waals surface area (Å²) in [7, 11) is 0. The molecule has 1 aliphatic rings. The first-order valence-electron chi connectivity index (χ1n) is 3.57. The van der Waals surface area contributed by atoms with E-state index in [0.29, 0.717) is 5.78 Å². The molecule has 0 bridgehead atoms. The predicted molar refractivity (Wildman–Crippen MR) is 44.6 cm³/mol. The van der Waals surface area contributed by atoms with Gasteiger partial charge in [-0.05, 0) is 0 Å². The standard InChI is InChI=1S/C6H7O.2CH3.Bi/c7-6-4-2-1-3-5-6;;;/h1-2,4H,3,5H2;2*1H3;. The van der Waals surface area contributed by atoms with Crippen LogP contribution in [0.4, 0.5) is 0 Å². The fourth-order valence-electron chi connectivity index (χ4n) is 1.12.